The van der Waals surface area contributed by atoms with Crippen LogP contribution in [0.25, 0.3) is 0 Å². The molecule has 0 amide bonds. The van der Waals surface area contributed by atoms with Gasteiger partial charge in [-0.3, -0.25) is 0 Å². The summed E-state index contributed by atoms with van der Waals surface area (Å²) in [7, 11) is 0. The summed E-state index contributed by atoms with van der Waals surface area (Å²) in [6.45, 7) is 7.33. The summed E-state index contributed by atoms with van der Waals surface area (Å²) in [5.41, 5.74) is 0. The van der Waals surface area contributed by atoms with Crippen LogP contribution in [-0.2, 0) is 0 Å². The van der Waals surface area contributed by atoms with Crippen LogP contribution in [0.2, 0.25) is 0 Å². The van der Waals surface area contributed by atoms with Crippen molar-refractivity contribution >= 4 is 0 Å². The highest BCUT2D eigenvalue weighted by molar-refractivity contribution is 4.81. The molecule has 3 heteroatoms. The third-order valence-corrected chi connectivity index (χ3v) is 4.23. The van der Waals surface area contributed by atoms with Gasteiger partial charge >= 0.3 is 0 Å². The maximum absolute atomic E-state index is 13.2. The number of halogens is 2. The van der Waals surface area contributed by atoms with E-state index in [0.717, 1.165) is 25.8 Å². The van der Waals surface area contributed by atoms with Gasteiger partial charge in [-0.2, -0.15) is 0 Å². The molecule has 17 heavy (non-hydrogen) atoms. The molecule has 0 aromatic heterocycles. The van der Waals surface area contributed by atoms with Gasteiger partial charge in [-0.25, -0.2) is 8.78 Å². The lowest BCUT2D eigenvalue weighted by Crippen LogP contribution is -2.39. The maximum atomic E-state index is 13.2. The lowest BCUT2D eigenvalue weighted by Gasteiger charge is -2.31. The van der Waals surface area contributed by atoms with E-state index < -0.39 is 5.92 Å². The second kappa shape index (κ2) is 6.67. The number of hydrogen-bond acceptors (Lipinski definition) is 1. The predicted molar refractivity (Wildman–Crippen MR) is 68.4 cm³/mol. The highest BCUT2D eigenvalue weighted by Gasteiger charge is 2.36. The van der Waals surface area contributed by atoms with Gasteiger partial charge in [-0.15, -0.1) is 0 Å². The highest BCUT2D eigenvalue weighted by Crippen LogP contribution is 2.36. The summed E-state index contributed by atoms with van der Waals surface area (Å²) < 4.78 is 26.5. The van der Waals surface area contributed by atoms with Crippen LogP contribution in [0.5, 0.6) is 0 Å². The highest BCUT2D eigenvalue weighted by atomic mass is 19.3. The zero-order valence-corrected chi connectivity index (χ0v) is 11.4. The van der Waals surface area contributed by atoms with Gasteiger partial charge in [0.05, 0.1) is 0 Å². The van der Waals surface area contributed by atoms with Crippen LogP contribution in [0.1, 0.15) is 59.3 Å². The largest absolute Gasteiger partial charge is 0.314 e. The molecule has 2 unspecified atom stereocenters. The monoisotopic (exact) mass is 247 g/mol. The minimum Gasteiger partial charge on any atom is -0.314 e. The van der Waals surface area contributed by atoms with Crippen LogP contribution in [0.3, 0.4) is 0 Å². The standard InChI is InChI=1S/C14H27F2N/c1-4-13(5-2)11(3)17-10-12-7-6-8-14(15,16)9-12/h11-13,17H,4-10H2,1-3H3. The maximum Gasteiger partial charge on any atom is 0.248 e. The Balaban J connectivity index is 2.30. The molecule has 1 aliphatic carbocycles. The number of rotatable bonds is 6. The molecule has 0 radical (unpaired) electrons. The normalized spacial score (nSPS) is 26.1. The fourth-order valence-electron chi connectivity index (χ4n) is 2.97. The fourth-order valence-corrected chi connectivity index (χ4v) is 2.97. The van der Waals surface area contributed by atoms with E-state index in [-0.39, 0.29) is 18.8 Å². The molecule has 1 fully saturated rings. The van der Waals surface area contributed by atoms with E-state index in [1.165, 1.54) is 0 Å². The van der Waals surface area contributed by atoms with E-state index >= 15 is 0 Å². The first-order valence-electron chi connectivity index (χ1n) is 7.09. The van der Waals surface area contributed by atoms with Gasteiger partial charge in [-0.1, -0.05) is 26.7 Å². The lowest BCUT2D eigenvalue weighted by atomic mass is 9.86. The van der Waals surface area contributed by atoms with Crippen LogP contribution < -0.4 is 5.32 Å². The average Bonchev–Trinajstić information content (AvgIpc) is 2.27. The second-order valence-corrected chi connectivity index (χ2v) is 5.59. The van der Waals surface area contributed by atoms with Crippen LogP contribution in [0, 0.1) is 11.8 Å². The molecule has 1 N–H and O–H groups in total. The molecule has 0 aromatic rings. The number of alkyl halides is 2. The summed E-state index contributed by atoms with van der Waals surface area (Å²) in [6, 6.07) is 0.445. The van der Waals surface area contributed by atoms with E-state index in [1.807, 2.05) is 0 Å². The van der Waals surface area contributed by atoms with Gasteiger partial charge < -0.3 is 5.32 Å². The van der Waals surface area contributed by atoms with E-state index in [2.05, 4.69) is 26.1 Å². The first kappa shape index (κ1) is 14.9. The lowest BCUT2D eigenvalue weighted by molar-refractivity contribution is -0.0524. The SMILES string of the molecule is CCC(CC)C(C)NCC1CCCC(F)(F)C1. The van der Waals surface area contributed by atoms with Gasteiger partial charge in [0.2, 0.25) is 5.92 Å². The van der Waals surface area contributed by atoms with Gasteiger partial charge in [-0.05, 0) is 38.1 Å². The van der Waals surface area contributed by atoms with Gasteiger partial charge in [0, 0.05) is 18.9 Å². The molecule has 0 bridgehead atoms. The average molecular weight is 247 g/mol. The van der Waals surface area contributed by atoms with Crippen molar-refractivity contribution in [3.63, 3.8) is 0 Å². The minimum absolute atomic E-state index is 0.0790. The Hall–Kier alpha value is -0.180. The minimum atomic E-state index is -2.41. The van der Waals surface area contributed by atoms with Crippen molar-refractivity contribution in [2.75, 3.05) is 6.54 Å². The van der Waals surface area contributed by atoms with Crippen LogP contribution >= 0.6 is 0 Å². The van der Waals surface area contributed by atoms with Crippen LogP contribution in [0.15, 0.2) is 0 Å². The number of nitrogens with one attached hydrogen (secondary N) is 1. The molecule has 2 atom stereocenters. The Kier molecular flexibility index (Phi) is 5.84. The summed E-state index contributed by atoms with van der Waals surface area (Å²) in [5.74, 6) is -1.59. The van der Waals surface area contributed by atoms with Crippen molar-refractivity contribution < 1.29 is 8.78 Å². The van der Waals surface area contributed by atoms with Gasteiger partial charge in [0.1, 0.15) is 0 Å². The molecule has 0 heterocycles. The molecule has 0 aliphatic heterocycles. The topological polar surface area (TPSA) is 12.0 Å². The van der Waals surface area contributed by atoms with Crippen molar-refractivity contribution in [2.24, 2.45) is 11.8 Å². The van der Waals surface area contributed by atoms with Crippen LogP contribution in [-0.4, -0.2) is 18.5 Å². The Morgan fingerprint density at radius 3 is 2.47 bits per heavy atom. The Morgan fingerprint density at radius 1 is 1.29 bits per heavy atom. The molecule has 0 spiro atoms. The first-order chi connectivity index (χ1) is 7.98. The molecule has 1 saturated carbocycles. The first-order valence-corrected chi connectivity index (χ1v) is 7.09. The molecule has 0 aromatic carbocycles. The molecule has 1 nitrogen and oxygen atoms in total. The van der Waals surface area contributed by atoms with Crippen molar-refractivity contribution in [1.29, 1.82) is 0 Å². The predicted octanol–water partition coefficient (Wildman–Crippen LogP) is 4.23. The van der Waals surface area contributed by atoms with Crippen LogP contribution in [0.4, 0.5) is 8.78 Å². The Bertz CT molecular complexity index is 214. The zero-order valence-electron chi connectivity index (χ0n) is 11.4. The Labute approximate surface area is 104 Å². The summed E-state index contributed by atoms with van der Waals surface area (Å²) >= 11 is 0. The quantitative estimate of drug-likeness (QED) is 0.740. The summed E-state index contributed by atoms with van der Waals surface area (Å²) in [4.78, 5) is 0. The molecular formula is C14H27F2N. The van der Waals surface area contributed by atoms with E-state index in [4.69, 9.17) is 0 Å². The smallest absolute Gasteiger partial charge is 0.248 e. The van der Waals surface area contributed by atoms with Crippen molar-refractivity contribution in [2.45, 2.75) is 71.3 Å². The fraction of sp³-hybridized carbons (Fsp3) is 1.00. The van der Waals surface area contributed by atoms with Crippen molar-refractivity contribution in [3.8, 4) is 0 Å². The van der Waals surface area contributed by atoms with Crippen molar-refractivity contribution in [1.82, 2.24) is 5.32 Å². The summed E-state index contributed by atoms with van der Waals surface area (Å²) in [6.07, 6.45) is 4.12. The second-order valence-electron chi connectivity index (χ2n) is 5.59. The van der Waals surface area contributed by atoms with Gasteiger partial charge in [0.25, 0.3) is 0 Å². The van der Waals surface area contributed by atoms with E-state index in [0.29, 0.717) is 18.4 Å². The third-order valence-electron chi connectivity index (χ3n) is 4.23. The number of hydrogen-bond donors (Lipinski definition) is 1. The Morgan fingerprint density at radius 2 is 1.94 bits per heavy atom. The van der Waals surface area contributed by atoms with Crippen molar-refractivity contribution in [3.05, 3.63) is 0 Å². The molecule has 0 saturated heterocycles. The molecular weight excluding hydrogens is 220 g/mol. The molecule has 1 aliphatic rings. The summed E-state index contributed by atoms with van der Waals surface area (Å²) in [5, 5.41) is 3.46. The van der Waals surface area contributed by atoms with E-state index in [1.54, 1.807) is 0 Å². The van der Waals surface area contributed by atoms with E-state index in [9.17, 15) is 8.78 Å². The molecule has 102 valence electrons. The zero-order chi connectivity index (χ0) is 12.9. The van der Waals surface area contributed by atoms with Gasteiger partial charge in [0.15, 0.2) is 0 Å². The third kappa shape index (κ3) is 4.90. The molecule has 1 rings (SSSR count).